The lowest BCUT2D eigenvalue weighted by atomic mass is 9.99. The van der Waals surface area contributed by atoms with Gasteiger partial charge < -0.3 is 15.2 Å². The molecule has 0 bridgehead atoms. The van der Waals surface area contributed by atoms with Crippen molar-refractivity contribution >= 4 is 39.1 Å². The molecule has 10 heteroatoms. The van der Waals surface area contributed by atoms with Gasteiger partial charge in [-0.05, 0) is 62.4 Å². The highest BCUT2D eigenvalue weighted by molar-refractivity contribution is 7.89. The van der Waals surface area contributed by atoms with Gasteiger partial charge in [0.2, 0.25) is 15.9 Å². The summed E-state index contributed by atoms with van der Waals surface area (Å²) in [7, 11) is -3.82. The van der Waals surface area contributed by atoms with Crippen molar-refractivity contribution in [2.45, 2.75) is 37.0 Å². The summed E-state index contributed by atoms with van der Waals surface area (Å²) in [6.07, 6.45) is 5.59. The molecule has 0 spiro atoms. The summed E-state index contributed by atoms with van der Waals surface area (Å²) in [5.41, 5.74) is 0.894. The molecule has 172 valence electrons. The number of rotatable bonds is 5. The third-order valence-corrected chi connectivity index (χ3v) is 8.13. The molecule has 32 heavy (non-hydrogen) atoms. The van der Waals surface area contributed by atoms with Gasteiger partial charge in [-0.2, -0.15) is 4.31 Å². The minimum Gasteiger partial charge on any atom is -0.356 e. The van der Waals surface area contributed by atoms with E-state index >= 15 is 0 Å². The monoisotopic (exact) mass is 478 g/mol. The Morgan fingerprint density at radius 1 is 1.03 bits per heavy atom. The lowest BCUT2D eigenvalue weighted by Gasteiger charge is -2.31. The molecular formula is C22H27ClN4O4S. The van der Waals surface area contributed by atoms with Crippen LogP contribution in [0, 0.1) is 5.92 Å². The minimum absolute atomic E-state index is 0.0524. The van der Waals surface area contributed by atoms with Crippen LogP contribution in [0.15, 0.2) is 41.4 Å². The number of halogens is 1. The maximum absolute atomic E-state index is 13.2. The number of hydrogen-bond acceptors (Lipinski definition) is 4. The second kappa shape index (κ2) is 9.64. The van der Waals surface area contributed by atoms with Crippen LogP contribution in [0.4, 0.5) is 5.69 Å². The summed E-state index contributed by atoms with van der Waals surface area (Å²) in [5, 5.41) is 3.40. The molecule has 0 radical (unpaired) electrons. The van der Waals surface area contributed by atoms with E-state index in [-0.39, 0.29) is 28.9 Å². The second-order valence-electron chi connectivity index (χ2n) is 8.30. The molecule has 1 aromatic carbocycles. The molecule has 3 heterocycles. The van der Waals surface area contributed by atoms with E-state index in [9.17, 15) is 18.0 Å². The van der Waals surface area contributed by atoms with E-state index in [1.165, 1.54) is 16.6 Å². The highest BCUT2D eigenvalue weighted by Gasteiger charge is 2.34. The quantitative estimate of drug-likeness (QED) is 0.687. The Labute approximate surface area is 193 Å². The fraction of sp³-hybridized carbons (Fsp3) is 0.455. The van der Waals surface area contributed by atoms with Crippen molar-refractivity contribution in [1.29, 1.82) is 0 Å². The third-order valence-electron chi connectivity index (χ3n) is 6.03. The van der Waals surface area contributed by atoms with E-state index in [4.69, 9.17) is 11.6 Å². The smallest absolute Gasteiger partial charge is 0.270 e. The van der Waals surface area contributed by atoms with Crippen molar-refractivity contribution in [3.63, 3.8) is 0 Å². The standard InChI is InChI=1S/C22H27ClN4O4S/c23-17-6-8-18(9-7-17)25-21(28)16-5-4-12-27(15-16)32(30,31)19-13-20(24-14-19)22(29)26-10-2-1-3-11-26/h6-9,13-14,16,24H,1-5,10-12,15H2,(H,25,28)/t16-/m1/s1. The number of H-pyrrole nitrogens is 1. The Bertz CT molecular complexity index is 1080. The topological polar surface area (TPSA) is 103 Å². The summed E-state index contributed by atoms with van der Waals surface area (Å²) in [6, 6.07) is 8.19. The summed E-state index contributed by atoms with van der Waals surface area (Å²) in [6.45, 7) is 1.82. The molecule has 2 aliphatic heterocycles. The zero-order valence-corrected chi connectivity index (χ0v) is 19.3. The molecule has 2 saturated heterocycles. The highest BCUT2D eigenvalue weighted by Crippen LogP contribution is 2.26. The van der Waals surface area contributed by atoms with Crippen LogP contribution in [-0.4, -0.2) is 60.6 Å². The molecule has 1 atom stereocenters. The SMILES string of the molecule is O=C(Nc1ccc(Cl)cc1)[C@@H]1CCCN(S(=O)(=O)c2c[nH]c(C(=O)N3CCCCC3)c2)C1. The molecule has 2 N–H and O–H groups in total. The van der Waals surface area contributed by atoms with Gasteiger partial charge >= 0.3 is 0 Å². The van der Waals surface area contributed by atoms with Gasteiger partial charge in [0.25, 0.3) is 5.91 Å². The Balaban J connectivity index is 1.43. The van der Waals surface area contributed by atoms with Crippen molar-refractivity contribution < 1.29 is 18.0 Å². The Morgan fingerprint density at radius 2 is 1.75 bits per heavy atom. The average molecular weight is 479 g/mol. The molecule has 0 saturated carbocycles. The van der Waals surface area contributed by atoms with Crippen molar-refractivity contribution in [2.24, 2.45) is 5.92 Å². The van der Waals surface area contributed by atoms with E-state index in [1.807, 2.05) is 0 Å². The molecular weight excluding hydrogens is 452 g/mol. The number of anilines is 1. The molecule has 2 amide bonds. The molecule has 8 nitrogen and oxygen atoms in total. The largest absolute Gasteiger partial charge is 0.356 e. The van der Waals surface area contributed by atoms with Gasteiger partial charge in [-0.25, -0.2) is 8.42 Å². The fourth-order valence-corrected chi connectivity index (χ4v) is 5.86. The molecule has 0 unspecified atom stereocenters. The number of likely N-dealkylation sites (tertiary alicyclic amines) is 1. The van der Waals surface area contributed by atoms with Gasteiger partial charge in [-0.15, -0.1) is 0 Å². The number of nitrogens with zero attached hydrogens (tertiary/aromatic N) is 2. The number of carbonyl (C=O) groups is 2. The molecule has 2 aromatic rings. The number of carbonyl (C=O) groups excluding carboxylic acids is 2. The maximum Gasteiger partial charge on any atom is 0.270 e. The minimum atomic E-state index is -3.82. The lowest BCUT2D eigenvalue weighted by molar-refractivity contribution is -0.120. The van der Waals surface area contributed by atoms with Gasteiger partial charge in [-0.3, -0.25) is 9.59 Å². The van der Waals surface area contributed by atoms with Gasteiger partial charge in [0.05, 0.1) is 5.92 Å². The van der Waals surface area contributed by atoms with Crippen LogP contribution >= 0.6 is 11.6 Å². The Hall–Kier alpha value is -2.36. The molecule has 2 aliphatic rings. The van der Waals surface area contributed by atoms with E-state index in [0.29, 0.717) is 43.2 Å². The first-order valence-electron chi connectivity index (χ1n) is 10.9. The number of sulfonamides is 1. The highest BCUT2D eigenvalue weighted by atomic mass is 35.5. The van der Waals surface area contributed by atoms with Crippen molar-refractivity contribution in [1.82, 2.24) is 14.2 Å². The Morgan fingerprint density at radius 3 is 2.47 bits per heavy atom. The number of amides is 2. The molecule has 2 fully saturated rings. The van der Waals surface area contributed by atoms with Crippen LogP contribution in [0.1, 0.15) is 42.6 Å². The van der Waals surface area contributed by atoms with Gasteiger partial charge in [0.15, 0.2) is 0 Å². The second-order valence-corrected chi connectivity index (χ2v) is 10.7. The molecule has 1 aromatic heterocycles. The van der Waals surface area contributed by atoms with Crippen molar-refractivity contribution in [3.05, 3.63) is 47.2 Å². The number of aromatic nitrogens is 1. The number of hydrogen-bond donors (Lipinski definition) is 2. The van der Waals surface area contributed by atoms with Crippen LogP contribution in [0.25, 0.3) is 0 Å². The van der Waals surface area contributed by atoms with E-state index in [2.05, 4.69) is 10.3 Å². The van der Waals surface area contributed by atoms with E-state index in [0.717, 1.165) is 19.3 Å². The van der Waals surface area contributed by atoms with Gasteiger partial charge in [-0.1, -0.05) is 11.6 Å². The number of aromatic amines is 1. The van der Waals surface area contributed by atoms with Crippen LogP contribution in [0.3, 0.4) is 0 Å². The average Bonchev–Trinajstić information content (AvgIpc) is 3.32. The fourth-order valence-electron chi connectivity index (χ4n) is 4.22. The summed E-state index contributed by atoms with van der Waals surface area (Å²) >= 11 is 5.88. The van der Waals surface area contributed by atoms with Crippen LogP contribution in [0.5, 0.6) is 0 Å². The number of piperidine rings is 2. The molecule has 0 aliphatic carbocycles. The van der Waals surface area contributed by atoms with Gasteiger partial charge in [0, 0.05) is 43.1 Å². The van der Waals surface area contributed by atoms with Crippen LogP contribution in [0.2, 0.25) is 5.02 Å². The normalized spacial score (nSPS) is 20.2. The van der Waals surface area contributed by atoms with E-state index < -0.39 is 15.9 Å². The van der Waals surface area contributed by atoms with Crippen molar-refractivity contribution in [2.75, 3.05) is 31.5 Å². The Kier molecular flexibility index (Phi) is 6.88. The predicted molar refractivity (Wildman–Crippen MR) is 122 cm³/mol. The lowest BCUT2D eigenvalue weighted by Crippen LogP contribution is -2.43. The zero-order chi connectivity index (χ0) is 22.7. The first-order valence-corrected chi connectivity index (χ1v) is 12.7. The zero-order valence-electron chi connectivity index (χ0n) is 17.7. The van der Waals surface area contributed by atoms with Crippen LogP contribution < -0.4 is 5.32 Å². The first kappa shape index (κ1) is 22.8. The van der Waals surface area contributed by atoms with E-state index in [1.54, 1.807) is 29.2 Å². The summed E-state index contributed by atoms with van der Waals surface area (Å²) < 4.78 is 27.7. The number of benzene rings is 1. The molecule has 4 rings (SSSR count). The predicted octanol–water partition coefficient (Wildman–Crippen LogP) is 3.33. The maximum atomic E-state index is 13.2. The van der Waals surface area contributed by atoms with Gasteiger partial charge in [0.1, 0.15) is 10.6 Å². The summed E-state index contributed by atoms with van der Waals surface area (Å²) in [5.74, 6) is -0.852. The third kappa shape index (κ3) is 5.00. The van der Waals surface area contributed by atoms with Crippen molar-refractivity contribution in [3.8, 4) is 0 Å². The first-order chi connectivity index (χ1) is 15.3. The summed E-state index contributed by atoms with van der Waals surface area (Å²) in [4.78, 5) is 30.0. The number of nitrogens with one attached hydrogen (secondary N) is 2. The van der Waals surface area contributed by atoms with Crippen LogP contribution in [-0.2, 0) is 14.8 Å².